The molecule has 1 heterocycles. The van der Waals surface area contributed by atoms with Crippen LogP contribution in [0, 0.1) is 0 Å². The Kier molecular flexibility index (Phi) is 5.09. The molecule has 0 atom stereocenters. The maximum absolute atomic E-state index is 11.1. The number of carboxylic acids is 1. The van der Waals surface area contributed by atoms with Crippen LogP contribution >= 0.6 is 27.7 Å². The molecule has 1 fully saturated rings. The number of benzene rings is 1. The Hall–Kier alpha value is -0.520. The second kappa shape index (κ2) is 6.59. The molecule has 0 bridgehead atoms. The zero-order chi connectivity index (χ0) is 13.0. The Morgan fingerprint density at radius 2 is 2.11 bits per heavy atom. The molecule has 0 amide bonds. The second-order valence-corrected chi connectivity index (χ2v) is 6.40. The van der Waals surface area contributed by atoms with Crippen molar-refractivity contribution < 1.29 is 9.90 Å². The van der Waals surface area contributed by atoms with E-state index < -0.39 is 5.97 Å². The Balaban J connectivity index is 1.94. The average molecular weight is 330 g/mol. The summed E-state index contributed by atoms with van der Waals surface area (Å²) in [5.41, 5.74) is 0.393. The third kappa shape index (κ3) is 3.73. The highest BCUT2D eigenvalue weighted by Crippen LogP contribution is 2.27. The number of aromatic carboxylic acids is 1. The number of likely N-dealkylation sites (tertiary alicyclic amines) is 1. The van der Waals surface area contributed by atoms with Crippen LogP contribution in [0.3, 0.4) is 0 Å². The number of hydrogen-bond acceptors (Lipinski definition) is 3. The zero-order valence-corrected chi connectivity index (χ0v) is 12.5. The minimum Gasteiger partial charge on any atom is -0.478 e. The predicted molar refractivity (Wildman–Crippen MR) is 77.5 cm³/mol. The molecule has 1 aromatic rings. The largest absolute Gasteiger partial charge is 0.478 e. The van der Waals surface area contributed by atoms with Crippen molar-refractivity contribution in [1.82, 2.24) is 4.90 Å². The molecular formula is C13H16BrNO2S. The first kappa shape index (κ1) is 13.9. The summed E-state index contributed by atoms with van der Waals surface area (Å²) >= 11 is 5.01. The molecule has 0 unspecified atom stereocenters. The van der Waals surface area contributed by atoms with Crippen molar-refractivity contribution in [3.05, 3.63) is 28.2 Å². The minimum atomic E-state index is -0.855. The third-order valence-corrected chi connectivity index (χ3v) is 4.57. The molecular weight excluding hydrogens is 314 g/mol. The molecule has 0 aliphatic carbocycles. The van der Waals surface area contributed by atoms with Crippen molar-refractivity contribution in [3.63, 3.8) is 0 Å². The average Bonchev–Trinajstić information content (AvgIpc) is 2.82. The number of thioether (sulfide) groups is 1. The van der Waals surface area contributed by atoms with E-state index in [-0.39, 0.29) is 0 Å². The van der Waals surface area contributed by atoms with E-state index in [1.165, 1.54) is 25.9 Å². The fourth-order valence-electron chi connectivity index (χ4n) is 2.08. The summed E-state index contributed by atoms with van der Waals surface area (Å²) in [5.74, 6) is 0.0858. The molecule has 5 heteroatoms. The van der Waals surface area contributed by atoms with E-state index in [0.29, 0.717) is 5.56 Å². The van der Waals surface area contributed by atoms with Crippen LogP contribution in [0.2, 0.25) is 0 Å². The highest BCUT2D eigenvalue weighted by Gasteiger charge is 2.13. The summed E-state index contributed by atoms with van der Waals surface area (Å²) in [6, 6.07) is 5.32. The number of hydrogen-bond donors (Lipinski definition) is 1. The smallest absolute Gasteiger partial charge is 0.336 e. The van der Waals surface area contributed by atoms with Gasteiger partial charge in [-0.15, -0.1) is 11.8 Å². The lowest BCUT2D eigenvalue weighted by atomic mass is 10.2. The molecule has 98 valence electrons. The minimum absolute atomic E-state index is 0.393. The van der Waals surface area contributed by atoms with Gasteiger partial charge in [-0.1, -0.05) is 15.9 Å². The Bertz CT molecular complexity index is 433. The van der Waals surface area contributed by atoms with Crippen molar-refractivity contribution >= 4 is 33.7 Å². The van der Waals surface area contributed by atoms with Crippen LogP contribution in [0.25, 0.3) is 0 Å². The van der Waals surface area contributed by atoms with E-state index in [0.717, 1.165) is 21.7 Å². The second-order valence-electron chi connectivity index (χ2n) is 4.34. The van der Waals surface area contributed by atoms with Gasteiger partial charge in [-0.2, -0.15) is 0 Å². The molecule has 0 saturated carbocycles. The van der Waals surface area contributed by atoms with Gasteiger partial charge in [0.2, 0.25) is 0 Å². The van der Waals surface area contributed by atoms with Crippen LogP contribution in [-0.4, -0.2) is 41.4 Å². The molecule has 1 N–H and O–H groups in total. The summed E-state index contributed by atoms with van der Waals surface area (Å²) in [5, 5.41) is 9.13. The van der Waals surface area contributed by atoms with Crippen molar-refractivity contribution in [1.29, 1.82) is 0 Å². The fourth-order valence-corrected chi connectivity index (χ4v) is 3.69. The van der Waals surface area contributed by atoms with Gasteiger partial charge < -0.3 is 10.0 Å². The number of halogens is 1. The predicted octanol–water partition coefficient (Wildman–Crippen LogP) is 3.34. The highest BCUT2D eigenvalue weighted by atomic mass is 79.9. The van der Waals surface area contributed by atoms with Crippen LogP contribution in [-0.2, 0) is 0 Å². The summed E-state index contributed by atoms with van der Waals surface area (Å²) in [6.07, 6.45) is 2.59. The Morgan fingerprint density at radius 3 is 2.78 bits per heavy atom. The lowest BCUT2D eigenvalue weighted by molar-refractivity contribution is 0.0693. The lowest BCUT2D eigenvalue weighted by Gasteiger charge is -2.14. The van der Waals surface area contributed by atoms with Gasteiger partial charge in [0.15, 0.2) is 0 Å². The summed E-state index contributed by atoms with van der Waals surface area (Å²) in [6.45, 7) is 3.41. The zero-order valence-electron chi connectivity index (χ0n) is 10.1. The van der Waals surface area contributed by atoms with Crippen LogP contribution in [0.1, 0.15) is 23.2 Å². The Morgan fingerprint density at radius 1 is 1.39 bits per heavy atom. The van der Waals surface area contributed by atoms with Gasteiger partial charge in [-0.25, -0.2) is 4.79 Å². The molecule has 18 heavy (non-hydrogen) atoms. The summed E-state index contributed by atoms with van der Waals surface area (Å²) in [7, 11) is 0. The van der Waals surface area contributed by atoms with Crippen molar-refractivity contribution in [3.8, 4) is 0 Å². The van der Waals surface area contributed by atoms with Gasteiger partial charge in [0.05, 0.1) is 5.56 Å². The van der Waals surface area contributed by atoms with Gasteiger partial charge in [0.1, 0.15) is 0 Å². The topological polar surface area (TPSA) is 40.5 Å². The van der Waals surface area contributed by atoms with Crippen LogP contribution < -0.4 is 0 Å². The first-order valence-corrected chi connectivity index (χ1v) is 7.82. The normalized spacial score (nSPS) is 16.1. The van der Waals surface area contributed by atoms with Crippen LogP contribution in [0.15, 0.2) is 27.6 Å². The maximum Gasteiger partial charge on any atom is 0.336 e. The SMILES string of the molecule is O=C(O)c1ccc(Br)cc1SCCN1CCCC1. The number of nitrogens with zero attached hydrogens (tertiary/aromatic N) is 1. The molecule has 1 saturated heterocycles. The first-order valence-electron chi connectivity index (χ1n) is 6.05. The molecule has 1 aromatic carbocycles. The Labute approximate surface area is 120 Å². The van der Waals surface area contributed by atoms with Crippen molar-refractivity contribution in [2.75, 3.05) is 25.4 Å². The summed E-state index contributed by atoms with van der Waals surface area (Å²) in [4.78, 5) is 14.4. The fraction of sp³-hybridized carbons (Fsp3) is 0.462. The molecule has 0 aromatic heterocycles. The van der Waals surface area contributed by atoms with Crippen LogP contribution in [0.5, 0.6) is 0 Å². The third-order valence-electron chi connectivity index (χ3n) is 3.04. The maximum atomic E-state index is 11.1. The number of carbonyl (C=O) groups is 1. The molecule has 1 aliphatic heterocycles. The first-order chi connectivity index (χ1) is 8.66. The molecule has 0 spiro atoms. The lowest BCUT2D eigenvalue weighted by Crippen LogP contribution is -2.21. The summed E-state index contributed by atoms with van der Waals surface area (Å²) < 4.78 is 0.927. The molecule has 2 rings (SSSR count). The van der Waals surface area contributed by atoms with E-state index in [9.17, 15) is 4.79 Å². The van der Waals surface area contributed by atoms with Gasteiger partial charge in [0.25, 0.3) is 0 Å². The van der Waals surface area contributed by atoms with Crippen LogP contribution in [0.4, 0.5) is 0 Å². The molecule has 3 nitrogen and oxygen atoms in total. The van der Waals surface area contributed by atoms with E-state index in [2.05, 4.69) is 20.8 Å². The van der Waals surface area contributed by atoms with Gasteiger partial charge >= 0.3 is 5.97 Å². The van der Waals surface area contributed by atoms with Gasteiger partial charge in [0, 0.05) is 21.7 Å². The van der Waals surface area contributed by atoms with Gasteiger partial charge in [-0.3, -0.25) is 0 Å². The van der Waals surface area contributed by atoms with E-state index in [1.807, 2.05) is 6.07 Å². The molecule has 1 aliphatic rings. The quantitative estimate of drug-likeness (QED) is 0.841. The standard InChI is InChI=1S/C13H16BrNO2S/c14-10-3-4-11(13(16)17)12(9-10)18-8-7-15-5-1-2-6-15/h3-4,9H,1-2,5-8H2,(H,16,17). The van der Waals surface area contributed by atoms with Crippen molar-refractivity contribution in [2.45, 2.75) is 17.7 Å². The highest BCUT2D eigenvalue weighted by molar-refractivity contribution is 9.10. The van der Waals surface area contributed by atoms with E-state index in [1.54, 1.807) is 23.9 Å². The molecule has 0 radical (unpaired) electrons. The number of rotatable bonds is 5. The van der Waals surface area contributed by atoms with Gasteiger partial charge in [-0.05, 0) is 44.1 Å². The monoisotopic (exact) mass is 329 g/mol. The van der Waals surface area contributed by atoms with E-state index >= 15 is 0 Å². The van der Waals surface area contributed by atoms with Crippen molar-refractivity contribution in [2.24, 2.45) is 0 Å². The number of carboxylic acid groups (broad SMARTS) is 1. The van der Waals surface area contributed by atoms with E-state index in [4.69, 9.17) is 5.11 Å².